The van der Waals surface area contributed by atoms with Crippen molar-refractivity contribution < 1.29 is 4.74 Å². The highest BCUT2D eigenvalue weighted by atomic mass is 32.1. The van der Waals surface area contributed by atoms with Gasteiger partial charge >= 0.3 is 0 Å². The van der Waals surface area contributed by atoms with Gasteiger partial charge in [-0.25, -0.2) is 0 Å². The van der Waals surface area contributed by atoms with Crippen LogP contribution in [0.5, 0.6) is 5.75 Å². The van der Waals surface area contributed by atoms with Crippen LogP contribution in [-0.4, -0.2) is 5.54 Å². The zero-order valence-corrected chi connectivity index (χ0v) is 14.7. The molecule has 1 unspecified atom stereocenters. The maximum Gasteiger partial charge on any atom is 0.135 e. The fourth-order valence-electron chi connectivity index (χ4n) is 2.76. The molecule has 3 rings (SSSR count). The molecule has 1 atom stereocenters. The molecule has 0 aliphatic rings. The minimum atomic E-state index is -0.285. The smallest absolute Gasteiger partial charge is 0.135 e. The van der Waals surface area contributed by atoms with Crippen LogP contribution >= 0.6 is 11.3 Å². The molecule has 0 bridgehead atoms. The number of hydrogen-bond donors (Lipinski definition) is 1. The molecule has 23 heavy (non-hydrogen) atoms. The average Bonchev–Trinajstić information content (AvgIpc) is 2.92. The van der Waals surface area contributed by atoms with E-state index in [4.69, 9.17) is 10.5 Å². The topological polar surface area (TPSA) is 35.2 Å². The Labute approximate surface area is 141 Å². The van der Waals surface area contributed by atoms with Crippen molar-refractivity contribution in [2.24, 2.45) is 5.73 Å². The van der Waals surface area contributed by atoms with Crippen LogP contribution in [0.25, 0.3) is 10.8 Å². The second-order valence-corrected chi connectivity index (χ2v) is 8.04. The van der Waals surface area contributed by atoms with E-state index >= 15 is 0 Å². The highest BCUT2D eigenvalue weighted by Gasteiger charge is 2.24. The summed E-state index contributed by atoms with van der Waals surface area (Å²) < 4.78 is 6.43. The van der Waals surface area contributed by atoms with Crippen LogP contribution in [0.1, 0.15) is 36.1 Å². The molecule has 0 aliphatic carbocycles. The van der Waals surface area contributed by atoms with E-state index in [1.165, 1.54) is 15.1 Å². The molecule has 2 N–H and O–H groups in total. The molecular weight excluding hydrogens is 302 g/mol. The molecule has 0 saturated heterocycles. The van der Waals surface area contributed by atoms with E-state index in [-0.39, 0.29) is 11.6 Å². The highest BCUT2D eigenvalue weighted by molar-refractivity contribution is 7.12. The van der Waals surface area contributed by atoms with E-state index in [1.807, 2.05) is 32.0 Å². The average molecular weight is 325 g/mol. The zero-order chi connectivity index (χ0) is 16.4. The Bertz CT molecular complexity index is 795. The summed E-state index contributed by atoms with van der Waals surface area (Å²) in [6.45, 7) is 6.22. The molecule has 2 nitrogen and oxygen atoms in total. The number of benzene rings is 2. The van der Waals surface area contributed by atoms with Crippen LogP contribution in [0.15, 0.2) is 54.6 Å². The van der Waals surface area contributed by atoms with Gasteiger partial charge in [0.2, 0.25) is 0 Å². The van der Waals surface area contributed by atoms with Crippen molar-refractivity contribution in [2.75, 3.05) is 0 Å². The molecule has 0 amide bonds. The van der Waals surface area contributed by atoms with Gasteiger partial charge in [-0.1, -0.05) is 36.4 Å². The summed E-state index contributed by atoms with van der Waals surface area (Å²) >= 11 is 1.78. The number of fused-ring (bicyclic) bond motifs is 1. The summed E-state index contributed by atoms with van der Waals surface area (Å²) in [5, 5.41) is 2.33. The largest absolute Gasteiger partial charge is 0.484 e. The van der Waals surface area contributed by atoms with Crippen LogP contribution < -0.4 is 10.5 Å². The molecule has 0 saturated carbocycles. The van der Waals surface area contributed by atoms with Gasteiger partial charge in [-0.2, -0.15) is 0 Å². The van der Waals surface area contributed by atoms with E-state index in [2.05, 4.69) is 43.3 Å². The van der Waals surface area contributed by atoms with E-state index in [0.29, 0.717) is 0 Å². The number of rotatable bonds is 5. The van der Waals surface area contributed by atoms with E-state index in [1.54, 1.807) is 11.3 Å². The van der Waals surface area contributed by atoms with Gasteiger partial charge in [0.1, 0.15) is 11.9 Å². The van der Waals surface area contributed by atoms with Gasteiger partial charge in [0.25, 0.3) is 0 Å². The Kier molecular flexibility index (Phi) is 4.42. The van der Waals surface area contributed by atoms with Crippen LogP contribution in [0, 0.1) is 6.92 Å². The molecule has 0 aliphatic heterocycles. The monoisotopic (exact) mass is 325 g/mol. The number of aryl methyl sites for hydroxylation is 1. The molecule has 0 radical (unpaired) electrons. The summed E-state index contributed by atoms with van der Waals surface area (Å²) in [7, 11) is 0. The van der Waals surface area contributed by atoms with Crippen molar-refractivity contribution in [2.45, 2.75) is 38.8 Å². The number of thiophene rings is 1. The standard InChI is InChI=1S/C20H23NOS/c1-14-11-12-19(23-14)18(13-20(2,3)21)22-17-10-6-8-15-7-4-5-9-16(15)17/h4-12,18H,13,21H2,1-3H3. The van der Waals surface area contributed by atoms with Crippen molar-refractivity contribution in [1.29, 1.82) is 0 Å². The third-order valence-corrected chi connectivity index (χ3v) is 4.90. The Morgan fingerprint density at radius 3 is 2.48 bits per heavy atom. The molecule has 120 valence electrons. The van der Waals surface area contributed by atoms with Crippen LogP contribution in [0.3, 0.4) is 0 Å². The molecule has 1 heterocycles. The van der Waals surface area contributed by atoms with Gasteiger partial charge in [-0.05, 0) is 44.4 Å². The molecule has 0 spiro atoms. The predicted octanol–water partition coefficient (Wildman–Crippen LogP) is 5.46. The van der Waals surface area contributed by atoms with E-state index in [9.17, 15) is 0 Å². The fourth-order valence-corrected chi connectivity index (χ4v) is 3.66. The maximum atomic E-state index is 6.43. The number of nitrogens with two attached hydrogens (primary N) is 1. The SMILES string of the molecule is Cc1ccc(C(CC(C)(C)N)Oc2cccc3ccccc23)s1. The first-order valence-corrected chi connectivity index (χ1v) is 8.74. The minimum Gasteiger partial charge on any atom is -0.484 e. The molecule has 1 aromatic heterocycles. The summed E-state index contributed by atoms with van der Waals surface area (Å²) in [4.78, 5) is 2.52. The summed E-state index contributed by atoms with van der Waals surface area (Å²) in [5.74, 6) is 0.920. The number of ether oxygens (including phenoxy) is 1. The first-order valence-electron chi connectivity index (χ1n) is 7.92. The molecule has 3 aromatic rings. The second kappa shape index (κ2) is 6.34. The van der Waals surface area contributed by atoms with Crippen LogP contribution in [0.2, 0.25) is 0 Å². The lowest BCUT2D eigenvalue weighted by Gasteiger charge is -2.26. The highest BCUT2D eigenvalue weighted by Crippen LogP contribution is 2.35. The Morgan fingerprint density at radius 2 is 1.78 bits per heavy atom. The lowest BCUT2D eigenvalue weighted by molar-refractivity contribution is 0.173. The summed E-state index contributed by atoms with van der Waals surface area (Å²) in [5.41, 5.74) is 5.99. The molecule has 3 heteroatoms. The maximum absolute atomic E-state index is 6.43. The van der Waals surface area contributed by atoms with Crippen LogP contribution in [-0.2, 0) is 0 Å². The van der Waals surface area contributed by atoms with Gasteiger partial charge < -0.3 is 10.5 Å². The minimum absolute atomic E-state index is 0.0282. The van der Waals surface area contributed by atoms with E-state index < -0.39 is 0 Å². The Hall–Kier alpha value is -1.84. The Morgan fingerprint density at radius 1 is 1.04 bits per heavy atom. The fraction of sp³-hybridized carbons (Fsp3) is 0.300. The summed E-state index contributed by atoms with van der Waals surface area (Å²) in [6.07, 6.45) is 0.746. The van der Waals surface area contributed by atoms with Crippen molar-refractivity contribution in [3.63, 3.8) is 0 Å². The lowest BCUT2D eigenvalue weighted by Crippen LogP contribution is -2.35. The van der Waals surface area contributed by atoms with Crippen LogP contribution in [0.4, 0.5) is 0 Å². The molecule has 0 fully saturated rings. The van der Waals surface area contributed by atoms with Gasteiger partial charge in [0.05, 0.1) is 0 Å². The lowest BCUT2D eigenvalue weighted by atomic mass is 9.97. The second-order valence-electron chi connectivity index (χ2n) is 6.72. The molecular formula is C20H23NOS. The van der Waals surface area contributed by atoms with Gasteiger partial charge in [0.15, 0.2) is 0 Å². The van der Waals surface area contributed by atoms with E-state index in [0.717, 1.165) is 17.6 Å². The van der Waals surface area contributed by atoms with Crippen molar-refractivity contribution >= 4 is 22.1 Å². The zero-order valence-electron chi connectivity index (χ0n) is 13.9. The third kappa shape index (κ3) is 3.92. The molecule has 2 aromatic carbocycles. The summed E-state index contributed by atoms with van der Waals surface area (Å²) in [6, 6.07) is 18.8. The van der Waals surface area contributed by atoms with Crippen molar-refractivity contribution in [1.82, 2.24) is 0 Å². The normalized spacial score (nSPS) is 13.2. The first kappa shape index (κ1) is 16.0. The van der Waals surface area contributed by atoms with Crippen molar-refractivity contribution in [3.05, 3.63) is 64.4 Å². The quantitative estimate of drug-likeness (QED) is 0.676. The van der Waals surface area contributed by atoms with Gasteiger partial charge in [-0.3, -0.25) is 0 Å². The number of hydrogen-bond acceptors (Lipinski definition) is 3. The van der Waals surface area contributed by atoms with Crippen molar-refractivity contribution in [3.8, 4) is 5.75 Å². The third-order valence-electron chi connectivity index (χ3n) is 3.81. The Balaban J connectivity index is 1.97. The van der Waals surface area contributed by atoms with Gasteiger partial charge in [0, 0.05) is 27.1 Å². The predicted molar refractivity (Wildman–Crippen MR) is 99.3 cm³/mol. The van der Waals surface area contributed by atoms with Gasteiger partial charge in [-0.15, -0.1) is 11.3 Å². The first-order chi connectivity index (χ1) is 10.9.